The van der Waals surface area contributed by atoms with Crippen molar-refractivity contribution in [2.45, 2.75) is 6.42 Å². The first-order valence-electron chi connectivity index (χ1n) is 8.35. The van der Waals surface area contributed by atoms with Crippen LogP contribution in [0.1, 0.15) is 31.8 Å². The van der Waals surface area contributed by atoms with Gasteiger partial charge in [-0.3, -0.25) is 9.59 Å². The average Bonchev–Trinajstić information content (AvgIpc) is 2.89. The SMILES string of the molecule is C[n+]1cc(Cc2c(F)cccc2F)cc(N2C(=O)c3ccccc3C2=O)c1. The summed E-state index contributed by atoms with van der Waals surface area (Å²) in [4.78, 5) is 26.4. The summed E-state index contributed by atoms with van der Waals surface area (Å²) in [5, 5.41) is 0. The summed E-state index contributed by atoms with van der Waals surface area (Å²) in [5.41, 5.74) is 1.57. The van der Waals surface area contributed by atoms with Gasteiger partial charge in [-0.15, -0.1) is 0 Å². The number of imide groups is 1. The molecule has 1 aliphatic rings. The molecule has 4 rings (SSSR count). The maximum absolute atomic E-state index is 14.0. The molecule has 0 atom stereocenters. The first-order valence-corrected chi connectivity index (χ1v) is 8.35. The van der Waals surface area contributed by atoms with Crippen LogP contribution in [0, 0.1) is 11.6 Å². The van der Waals surface area contributed by atoms with Crippen LogP contribution in [0.5, 0.6) is 0 Å². The van der Waals surface area contributed by atoms with Gasteiger partial charge in [0, 0.05) is 17.5 Å². The molecule has 134 valence electrons. The van der Waals surface area contributed by atoms with Crippen molar-refractivity contribution in [3.63, 3.8) is 0 Å². The number of nitrogens with zero attached hydrogens (tertiary/aromatic N) is 2. The van der Waals surface area contributed by atoms with Gasteiger partial charge in [0.1, 0.15) is 24.4 Å². The number of fused-ring (bicyclic) bond motifs is 1. The molecule has 6 heteroatoms. The number of pyridine rings is 1. The van der Waals surface area contributed by atoms with Crippen LogP contribution < -0.4 is 9.47 Å². The van der Waals surface area contributed by atoms with Gasteiger partial charge in [-0.05, 0) is 30.3 Å². The fraction of sp³-hybridized carbons (Fsp3) is 0.0952. The minimum atomic E-state index is -0.635. The zero-order chi connectivity index (χ0) is 19.1. The standard InChI is InChI=1S/C21H15F2N2O2/c1-24-11-13(10-17-18(22)7-4-8-19(17)23)9-14(12-24)25-20(26)15-5-2-3-6-16(15)21(25)27/h2-9,11-12H,10H2,1H3/q+1. The minimum absolute atomic E-state index is 0.00333. The largest absolute Gasteiger partial charge is 0.268 e. The molecule has 0 unspecified atom stereocenters. The Morgan fingerprint density at radius 1 is 0.889 bits per heavy atom. The number of benzene rings is 2. The molecule has 0 aliphatic carbocycles. The molecule has 0 spiro atoms. The maximum Gasteiger partial charge on any atom is 0.266 e. The number of carbonyl (C=O) groups excluding carboxylic acids is 2. The van der Waals surface area contributed by atoms with E-state index in [9.17, 15) is 18.4 Å². The molecular formula is C21H15F2N2O2+. The molecule has 2 aromatic carbocycles. The normalized spacial score (nSPS) is 13.2. The molecule has 1 aromatic heterocycles. The zero-order valence-electron chi connectivity index (χ0n) is 14.4. The molecule has 1 aliphatic heterocycles. The van der Waals surface area contributed by atoms with Gasteiger partial charge in [-0.1, -0.05) is 18.2 Å². The lowest BCUT2D eigenvalue weighted by Crippen LogP contribution is -2.34. The average molecular weight is 365 g/mol. The van der Waals surface area contributed by atoms with Gasteiger partial charge in [-0.25, -0.2) is 18.2 Å². The minimum Gasteiger partial charge on any atom is -0.268 e. The number of hydrogen-bond acceptors (Lipinski definition) is 2. The quantitative estimate of drug-likeness (QED) is 0.528. The summed E-state index contributed by atoms with van der Waals surface area (Å²) >= 11 is 0. The van der Waals surface area contributed by atoms with Crippen LogP contribution in [-0.4, -0.2) is 11.8 Å². The Balaban J connectivity index is 1.74. The second-order valence-corrected chi connectivity index (χ2v) is 6.44. The van der Waals surface area contributed by atoms with Crippen LogP contribution in [0.4, 0.5) is 14.5 Å². The van der Waals surface area contributed by atoms with E-state index in [1.54, 1.807) is 54.3 Å². The van der Waals surface area contributed by atoms with E-state index in [0.717, 1.165) is 4.90 Å². The van der Waals surface area contributed by atoms with Gasteiger partial charge in [0.25, 0.3) is 11.8 Å². The first-order chi connectivity index (χ1) is 13.0. The maximum atomic E-state index is 14.0. The topological polar surface area (TPSA) is 41.3 Å². The predicted molar refractivity (Wildman–Crippen MR) is 94.4 cm³/mol. The van der Waals surface area contributed by atoms with E-state index in [4.69, 9.17) is 0 Å². The third-order valence-electron chi connectivity index (χ3n) is 4.53. The Morgan fingerprint density at radius 2 is 1.48 bits per heavy atom. The van der Waals surface area contributed by atoms with Gasteiger partial charge in [0.05, 0.1) is 11.1 Å². The van der Waals surface area contributed by atoms with Crippen LogP contribution in [-0.2, 0) is 13.5 Å². The van der Waals surface area contributed by atoms with E-state index in [2.05, 4.69) is 0 Å². The van der Waals surface area contributed by atoms with Crippen molar-refractivity contribution in [1.29, 1.82) is 0 Å². The van der Waals surface area contributed by atoms with Gasteiger partial charge < -0.3 is 0 Å². The van der Waals surface area contributed by atoms with Gasteiger partial charge >= 0.3 is 0 Å². The summed E-state index contributed by atoms with van der Waals surface area (Å²) in [7, 11) is 1.73. The Kier molecular flexibility index (Phi) is 4.03. The predicted octanol–water partition coefficient (Wildman–Crippen LogP) is 3.18. The van der Waals surface area contributed by atoms with Crippen molar-refractivity contribution >= 4 is 17.5 Å². The van der Waals surface area contributed by atoms with E-state index in [1.165, 1.54) is 18.2 Å². The van der Waals surface area contributed by atoms with Crippen LogP contribution in [0.25, 0.3) is 0 Å². The van der Waals surface area contributed by atoms with Crippen molar-refractivity contribution in [2.24, 2.45) is 7.05 Å². The fourth-order valence-corrected chi connectivity index (χ4v) is 3.32. The molecule has 0 N–H and O–H groups in total. The first kappa shape index (κ1) is 17.0. The molecule has 0 saturated heterocycles. The zero-order valence-corrected chi connectivity index (χ0v) is 14.4. The highest BCUT2D eigenvalue weighted by Crippen LogP contribution is 2.28. The summed E-state index contributed by atoms with van der Waals surface area (Å²) in [6.45, 7) is 0. The number of rotatable bonds is 3. The lowest BCUT2D eigenvalue weighted by molar-refractivity contribution is -0.671. The van der Waals surface area contributed by atoms with E-state index in [-0.39, 0.29) is 12.0 Å². The number of halogens is 2. The third-order valence-corrected chi connectivity index (χ3v) is 4.53. The Labute approximate surface area is 154 Å². The molecule has 0 saturated carbocycles. The number of aromatic nitrogens is 1. The van der Waals surface area contributed by atoms with Crippen molar-refractivity contribution < 1.29 is 22.9 Å². The smallest absolute Gasteiger partial charge is 0.266 e. The second kappa shape index (κ2) is 6.39. The molecule has 2 heterocycles. The molecule has 0 radical (unpaired) electrons. The number of carbonyl (C=O) groups is 2. The number of hydrogen-bond donors (Lipinski definition) is 0. The monoisotopic (exact) mass is 365 g/mol. The van der Waals surface area contributed by atoms with Crippen LogP contribution in [0.3, 0.4) is 0 Å². The number of anilines is 1. The molecule has 3 aromatic rings. The van der Waals surface area contributed by atoms with Crippen molar-refractivity contribution in [3.8, 4) is 0 Å². The second-order valence-electron chi connectivity index (χ2n) is 6.44. The number of amides is 2. The molecule has 2 amide bonds. The Morgan fingerprint density at radius 3 is 2.07 bits per heavy atom. The lowest BCUT2D eigenvalue weighted by atomic mass is 10.0. The fourth-order valence-electron chi connectivity index (χ4n) is 3.32. The summed E-state index contributed by atoms with van der Waals surface area (Å²) in [6, 6.07) is 11.9. The summed E-state index contributed by atoms with van der Waals surface area (Å²) < 4.78 is 29.6. The highest BCUT2D eigenvalue weighted by atomic mass is 19.1. The van der Waals surface area contributed by atoms with Crippen LogP contribution in [0.15, 0.2) is 60.9 Å². The van der Waals surface area contributed by atoms with Gasteiger partial charge in [0.15, 0.2) is 12.4 Å². The van der Waals surface area contributed by atoms with Gasteiger partial charge in [0.2, 0.25) is 0 Å². The van der Waals surface area contributed by atoms with E-state index < -0.39 is 23.4 Å². The summed E-state index contributed by atoms with van der Waals surface area (Å²) in [6.07, 6.45) is 3.33. The molecule has 0 fully saturated rings. The highest BCUT2D eigenvalue weighted by Gasteiger charge is 2.37. The van der Waals surface area contributed by atoms with Crippen molar-refractivity contribution in [2.75, 3.05) is 4.90 Å². The Bertz CT molecular complexity index is 1040. The van der Waals surface area contributed by atoms with Gasteiger partial charge in [-0.2, -0.15) is 0 Å². The van der Waals surface area contributed by atoms with Crippen molar-refractivity contribution in [1.82, 2.24) is 0 Å². The summed E-state index contributed by atoms with van der Waals surface area (Å²) in [5.74, 6) is -2.10. The molecular weight excluding hydrogens is 350 g/mol. The third kappa shape index (κ3) is 2.89. The lowest BCUT2D eigenvalue weighted by Gasteiger charge is -2.13. The van der Waals surface area contributed by atoms with E-state index in [1.807, 2.05) is 0 Å². The Hall–Kier alpha value is -3.41. The highest BCUT2D eigenvalue weighted by molar-refractivity contribution is 6.34. The van der Waals surface area contributed by atoms with Crippen LogP contribution in [0.2, 0.25) is 0 Å². The number of aryl methyl sites for hydroxylation is 1. The van der Waals surface area contributed by atoms with E-state index in [0.29, 0.717) is 22.4 Å². The van der Waals surface area contributed by atoms with Crippen molar-refractivity contribution in [3.05, 3.63) is 94.8 Å². The van der Waals surface area contributed by atoms with Crippen LogP contribution >= 0.6 is 0 Å². The molecule has 0 bridgehead atoms. The molecule has 4 nitrogen and oxygen atoms in total. The van der Waals surface area contributed by atoms with E-state index >= 15 is 0 Å². The molecule has 27 heavy (non-hydrogen) atoms.